The summed E-state index contributed by atoms with van der Waals surface area (Å²) in [6, 6.07) is 13.5. The number of alkyl halides is 3. The highest BCUT2D eigenvalue weighted by Crippen LogP contribution is 2.43. The number of hydrogen-bond acceptors (Lipinski definition) is 14. The van der Waals surface area contributed by atoms with Crippen molar-refractivity contribution in [3.8, 4) is 22.7 Å². The van der Waals surface area contributed by atoms with Gasteiger partial charge in [-0.3, -0.25) is 29.3 Å². The number of fused-ring (bicyclic) bond motifs is 1. The van der Waals surface area contributed by atoms with E-state index >= 15 is 0 Å². The van der Waals surface area contributed by atoms with Gasteiger partial charge in [0.15, 0.2) is 5.82 Å². The first kappa shape index (κ1) is 53.0. The maximum Gasteiger partial charge on any atom is 0.418 e. The number of nitrogens with zero attached hydrogens (tertiary/aromatic N) is 8. The van der Waals surface area contributed by atoms with Crippen LogP contribution >= 0.6 is 23.2 Å². The molecule has 6 atom stereocenters. The van der Waals surface area contributed by atoms with Gasteiger partial charge in [0, 0.05) is 59.4 Å². The summed E-state index contributed by atoms with van der Waals surface area (Å²) in [7, 11) is 0. The first-order valence-electron chi connectivity index (χ1n) is 23.8. The number of aliphatic hydroxyl groups excluding tert-OH is 2. The smallest absolute Gasteiger partial charge is 0.418 e. The lowest BCUT2D eigenvalue weighted by atomic mass is 9.91. The molecule has 5 amide bonds. The second-order valence-electron chi connectivity index (χ2n) is 18.7. The molecule has 0 spiro atoms. The van der Waals surface area contributed by atoms with E-state index in [2.05, 4.69) is 31.0 Å². The number of halogens is 7. The molecule has 2 unspecified atom stereocenters. The Hall–Kier alpha value is -7.42. The fourth-order valence-electron chi connectivity index (χ4n) is 9.65. The number of piperidine rings is 1. The van der Waals surface area contributed by atoms with Crippen LogP contribution in [-0.2, 0) is 36.6 Å². The summed E-state index contributed by atoms with van der Waals surface area (Å²) >= 11 is 11.9. The summed E-state index contributed by atoms with van der Waals surface area (Å²) in [5, 5.41) is 38.8. The molecule has 77 heavy (non-hydrogen) atoms. The van der Waals surface area contributed by atoms with Crippen molar-refractivity contribution >= 4 is 58.4 Å². The van der Waals surface area contributed by atoms with Gasteiger partial charge in [-0.25, -0.2) is 23.1 Å². The van der Waals surface area contributed by atoms with Gasteiger partial charge in [-0.05, 0) is 85.6 Å². The van der Waals surface area contributed by atoms with Crippen molar-refractivity contribution in [3.05, 3.63) is 135 Å². The molecule has 3 fully saturated rings. The van der Waals surface area contributed by atoms with Crippen LogP contribution in [0.4, 0.5) is 27.6 Å². The number of aliphatic hydroxyl groups is 2. The number of nitrogens with one attached hydrogen (secondary N) is 2. The van der Waals surface area contributed by atoms with Crippen LogP contribution in [0.25, 0.3) is 16.9 Å². The predicted molar refractivity (Wildman–Crippen MR) is 258 cm³/mol. The van der Waals surface area contributed by atoms with E-state index in [0.717, 1.165) is 39.7 Å². The Morgan fingerprint density at radius 2 is 1.73 bits per heavy atom. The maximum absolute atomic E-state index is 14.6. The third-order valence-electron chi connectivity index (χ3n) is 13.5. The summed E-state index contributed by atoms with van der Waals surface area (Å²) < 4.78 is 92.9. The van der Waals surface area contributed by atoms with Crippen molar-refractivity contribution in [2.45, 2.75) is 69.0 Å². The number of likely N-dealkylation sites (tertiary alicyclic amines) is 1. The molecular formula is C50H43Cl2F5N10O10. The lowest BCUT2D eigenvalue weighted by Crippen LogP contribution is -2.56. The minimum atomic E-state index is -4.91. The second kappa shape index (κ2) is 21.2. The number of benzene rings is 4. The second-order valence-corrected chi connectivity index (χ2v) is 19.5. The standard InChI is InChI=1S/C50H43Cl2F5N10O10/c1-23-58-46(67(62-23)37-14-28(51)5-9-32(37)50(55,56)57)45-44(42(43(71)38(20-68)77-45)66-19-35(61-63-66)27-12-33(53)41(52)34(54)13-27)76-22-40(70)64-16-24(17-64)21-75-30-7-3-25(4-8-30)47(72)59-29-6-2-26-18-65(49(74)31(26)15-29)36-10-11-39(69)60-48(36)73/h2-9,12-15,19,24,36,38,42-45,68,71H,10-11,16-18,20-22H2,1H3,(H,59,72)(H,60,69,73)/t36?,38-,42+,43?,44-,45-/m1/s1. The molecule has 0 radical (unpaired) electrons. The van der Waals surface area contributed by atoms with Gasteiger partial charge in [-0.15, -0.1) is 5.10 Å². The Bertz CT molecular complexity index is 3300. The minimum Gasteiger partial charge on any atom is -0.493 e. The van der Waals surface area contributed by atoms with Crippen LogP contribution < -0.4 is 15.4 Å². The van der Waals surface area contributed by atoms with Crippen LogP contribution in [0.15, 0.2) is 79.0 Å². The summed E-state index contributed by atoms with van der Waals surface area (Å²) in [5.41, 5.74) is -0.269. The summed E-state index contributed by atoms with van der Waals surface area (Å²) in [4.78, 5) is 71.6. The number of carbonyl (C=O) groups excluding carboxylic acids is 5. The van der Waals surface area contributed by atoms with Gasteiger partial charge in [0.05, 0.1) is 30.7 Å². The molecule has 3 saturated heterocycles. The average molecular weight is 1110 g/mol. The zero-order valence-corrected chi connectivity index (χ0v) is 41.6. The van der Waals surface area contributed by atoms with Crippen molar-refractivity contribution in [2.75, 3.05) is 38.2 Å². The van der Waals surface area contributed by atoms with Gasteiger partial charge in [0.1, 0.15) is 77.0 Å². The van der Waals surface area contributed by atoms with Crippen LogP contribution in [0.5, 0.6) is 5.75 Å². The van der Waals surface area contributed by atoms with Crippen LogP contribution in [0, 0.1) is 24.5 Å². The number of aromatic nitrogens is 6. The number of imide groups is 1. The van der Waals surface area contributed by atoms with E-state index < -0.39 is 102 Å². The number of carbonyl (C=O) groups is 5. The third-order valence-corrected chi connectivity index (χ3v) is 14.1. The molecule has 0 saturated carbocycles. The summed E-state index contributed by atoms with van der Waals surface area (Å²) in [5.74, 6) is -4.60. The van der Waals surface area contributed by atoms with Gasteiger partial charge < -0.3 is 39.5 Å². The summed E-state index contributed by atoms with van der Waals surface area (Å²) in [6.45, 7) is 0.639. The van der Waals surface area contributed by atoms with Gasteiger partial charge >= 0.3 is 6.18 Å². The first-order chi connectivity index (χ1) is 36.7. The molecule has 4 aliphatic rings. The minimum absolute atomic E-state index is 0.0332. The van der Waals surface area contributed by atoms with E-state index in [9.17, 15) is 56.1 Å². The monoisotopic (exact) mass is 1110 g/mol. The van der Waals surface area contributed by atoms with Gasteiger partial charge in [0.25, 0.3) is 11.8 Å². The summed E-state index contributed by atoms with van der Waals surface area (Å²) in [6.07, 6.45) is -9.75. The molecule has 10 rings (SSSR count). The van der Waals surface area contributed by atoms with Crippen molar-refractivity contribution in [2.24, 2.45) is 5.92 Å². The highest BCUT2D eigenvalue weighted by Gasteiger charge is 2.51. The molecule has 4 N–H and O–H groups in total. The van der Waals surface area contributed by atoms with E-state index in [1.165, 1.54) is 29.0 Å². The number of anilines is 1. The molecule has 4 aliphatic heterocycles. The van der Waals surface area contributed by atoms with Crippen molar-refractivity contribution < 1.29 is 70.3 Å². The van der Waals surface area contributed by atoms with Crippen LogP contribution in [-0.4, -0.2) is 137 Å². The largest absolute Gasteiger partial charge is 0.493 e. The molecule has 4 aromatic carbocycles. The highest BCUT2D eigenvalue weighted by molar-refractivity contribution is 6.31. The van der Waals surface area contributed by atoms with E-state index in [1.807, 2.05) is 0 Å². The van der Waals surface area contributed by atoms with E-state index in [4.69, 9.17) is 37.4 Å². The SMILES string of the molecule is Cc1nc([C@@H]2O[C@H](CO)C(O)[C@H](n3cc(-c4cc(F)c(Cl)c(F)c4)nn3)[C@H]2OCC(=O)N2CC(COc3ccc(C(=O)Nc4ccc5c(c4)C(=O)N(C4CCC(=O)NC4=O)C5)cc3)C2)n(-c2cc(Cl)ccc2C(F)(F)F)n1. The Morgan fingerprint density at radius 3 is 2.43 bits per heavy atom. The van der Waals surface area contributed by atoms with Crippen molar-refractivity contribution in [1.82, 2.24) is 44.9 Å². The van der Waals surface area contributed by atoms with Gasteiger partial charge in [0.2, 0.25) is 17.7 Å². The fraction of sp³-hybridized carbons (Fsp3) is 0.340. The number of ether oxygens (including phenoxy) is 3. The van der Waals surface area contributed by atoms with Crippen molar-refractivity contribution in [3.63, 3.8) is 0 Å². The number of aryl methyl sites for hydroxylation is 1. The van der Waals surface area contributed by atoms with Crippen LogP contribution in [0.2, 0.25) is 10.0 Å². The van der Waals surface area contributed by atoms with E-state index in [-0.39, 0.29) is 90.3 Å². The Morgan fingerprint density at radius 1 is 0.987 bits per heavy atom. The molecule has 2 aromatic heterocycles. The van der Waals surface area contributed by atoms with Crippen LogP contribution in [0.1, 0.15) is 68.5 Å². The molecule has 20 nitrogen and oxygen atoms in total. The normalized spacial score (nSPS) is 21.7. The molecule has 0 bridgehead atoms. The molecule has 0 aliphatic carbocycles. The molecule has 402 valence electrons. The van der Waals surface area contributed by atoms with E-state index in [0.29, 0.717) is 22.6 Å². The van der Waals surface area contributed by atoms with Gasteiger partial charge in [-0.1, -0.05) is 34.5 Å². The zero-order valence-electron chi connectivity index (χ0n) is 40.1. The van der Waals surface area contributed by atoms with E-state index in [1.54, 1.807) is 36.4 Å². The average Bonchev–Trinajstić information content (AvgIpc) is 4.16. The number of hydrogen-bond donors (Lipinski definition) is 4. The number of amides is 5. The molecule has 27 heteroatoms. The quantitative estimate of drug-likeness (QED) is 0.0606. The fourth-order valence-corrected chi connectivity index (χ4v) is 9.93. The van der Waals surface area contributed by atoms with Crippen LogP contribution in [0.3, 0.4) is 0 Å². The van der Waals surface area contributed by atoms with Gasteiger partial charge in [-0.2, -0.15) is 18.3 Å². The molecule has 6 aromatic rings. The Kier molecular flexibility index (Phi) is 14.6. The first-order valence-corrected chi connectivity index (χ1v) is 24.5. The number of rotatable bonds is 14. The van der Waals surface area contributed by atoms with Crippen molar-refractivity contribution in [1.29, 1.82) is 0 Å². The lowest BCUT2D eigenvalue weighted by Gasteiger charge is -2.44. The zero-order chi connectivity index (χ0) is 54.6. The Labute approximate surface area is 442 Å². The molecule has 6 heterocycles. The highest BCUT2D eigenvalue weighted by atomic mass is 35.5. The Balaban J connectivity index is 0.808. The lowest BCUT2D eigenvalue weighted by molar-refractivity contribution is -0.225. The maximum atomic E-state index is 14.6. The molecular weight excluding hydrogens is 1070 g/mol. The predicted octanol–water partition coefficient (Wildman–Crippen LogP) is 5.41. The third kappa shape index (κ3) is 10.7. The topological polar surface area (TPSA) is 245 Å².